The van der Waals surface area contributed by atoms with Gasteiger partial charge in [-0.3, -0.25) is 9.59 Å². The van der Waals surface area contributed by atoms with Crippen molar-refractivity contribution < 1.29 is 19.4 Å². The Labute approximate surface area is 150 Å². The second-order valence-electron chi connectivity index (χ2n) is 5.92. The smallest absolute Gasteiger partial charge is 0.307 e. The number of nitrogens with one attached hydrogen (secondary N) is 1. The summed E-state index contributed by atoms with van der Waals surface area (Å²) in [6.07, 6.45) is 1.21. The van der Waals surface area contributed by atoms with Gasteiger partial charge in [-0.2, -0.15) is 0 Å². The first kappa shape index (κ1) is 17.4. The molecule has 0 aromatic heterocycles. The van der Waals surface area contributed by atoms with Crippen molar-refractivity contribution in [1.82, 2.24) is 0 Å². The van der Waals surface area contributed by atoms with Crippen molar-refractivity contribution >= 4 is 29.3 Å². The van der Waals surface area contributed by atoms with Crippen LogP contribution < -0.4 is 10.1 Å². The highest BCUT2D eigenvalue weighted by atomic mass is 32.2. The molecular weight excluding hydrogens is 338 g/mol. The van der Waals surface area contributed by atoms with Crippen molar-refractivity contribution in [1.29, 1.82) is 0 Å². The van der Waals surface area contributed by atoms with Crippen LogP contribution in [0.15, 0.2) is 58.3 Å². The number of methoxy groups -OCH3 is 1. The molecule has 2 atom stereocenters. The van der Waals surface area contributed by atoms with E-state index in [1.54, 1.807) is 18.9 Å². The summed E-state index contributed by atoms with van der Waals surface area (Å²) in [5, 5.41) is 11.8. The molecule has 1 aliphatic rings. The molecule has 2 aromatic rings. The highest BCUT2D eigenvalue weighted by Crippen LogP contribution is 2.35. The van der Waals surface area contributed by atoms with Crippen LogP contribution in [0.2, 0.25) is 0 Å². The van der Waals surface area contributed by atoms with Crippen LogP contribution in [0.1, 0.15) is 12.8 Å². The summed E-state index contributed by atoms with van der Waals surface area (Å²) in [5.74, 6) is -1.26. The maximum Gasteiger partial charge on any atom is 0.307 e. The molecule has 0 bridgehead atoms. The molecule has 0 saturated heterocycles. The minimum Gasteiger partial charge on any atom is -0.497 e. The molecule has 25 heavy (non-hydrogen) atoms. The van der Waals surface area contributed by atoms with E-state index in [9.17, 15) is 9.59 Å². The van der Waals surface area contributed by atoms with E-state index in [1.165, 1.54) is 0 Å². The average molecular weight is 357 g/mol. The SMILES string of the molecule is COc1ccc(Sc2ccc(NC(=O)C3CCC3C(=O)O)cc2)cc1. The van der Waals surface area contributed by atoms with Crippen molar-refractivity contribution in [2.24, 2.45) is 11.8 Å². The second-order valence-corrected chi connectivity index (χ2v) is 7.07. The zero-order chi connectivity index (χ0) is 17.8. The quantitative estimate of drug-likeness (QED) is 0.820. The van der Waals surface area contributed by atoms with Crippen LogP contribution in [0.4, 0.5) is 5.69 Å². The molecule has 5 nitrogen and oxygen atoms in total. The number of amides is 1. The summed E-state index contributed by atoms with van der Waals surface area (Å²) in [4.78, 5) is 25.3. The van der Waals surface area contributed by atoms with E-state index in [1.807, 2.05) is 48.5 Å². The number of carboxylic acid groups (broad SMARTS) is 1. The summed E-state index contributed by atoms with van der Waals surface area (Å²) in [5.41, 5.74) is 0.681. The zero-order valence-corrected chi connectivity index (χ0v) is 14.6. The van der Waals surface area contributed by atoms with Gasteiger partial charge < -0.3 is 15.2 Å². The Morgan fingerprint density at radius 3 is 2.04 bits per heavy atom. The Bertz CT molecular complexity index is 758. The lowest BCUT2D eigenvalue weighted by Gasteiger charge is -2.31. The summed E-state index contributed by atoms with van der Waals surface area (Å²) in [6, 6.07) is 15.3. The van der Waals surface area contributed by atoms with E-state index < -0.39 is 17.8 Å². The van der Waals surface area contributed by atoms with Gasteiger partial charge in [-0.05, 0) is 61.4 Å². The number of carboxylic acids is 1. The number of carbonyl (C=O) groups is 2. The Morgan fingerprint density at radius 1 is 1.00 bits per heavy atom. The Morgan fingerprint density at radius 2 is 1.56 bits per heavy atom. The number of carbonyl (C=O) groups excluding carboxylic acids is 1. The molecule has 1 aliphatic carbocycles. The molecule has 0 aliphatic heterocycles. The largest absolute Gasteiger partial charge is 0.497 e. The van der Waals surface area contributed by atoms with Crippen LogP contribution in [-0.2, 0) is 9.59 Å². The first-order chi connectivity index (χ1) is 12.1. The Kier molecular flexibility index (Phi) is 5.28. The molecule has 1 amide bonds. The number of ether oxygens (including phenoxy) is 1. The van der Waals surface area contributed by atoms with Crippen LogP contribution >= 0.6 is 11.8 Å². The van der Waals surface area contributed by atoms with E-state index in [2.05, 4.69) is 5.32 Å². The van der Waals surface area contributed by atoms with Gasteiger partial charge >= 0.3 is 5.97 Å². The zero-order valence-electron chi connectivity index (χ0n) is 13.8. The molecule has 2 unspecified atom stereocenters. The van der Waals surface area contributed by atoms with Gasteiger partial charge in [-0.1, -0.05) is 11.8 Å². The lowest BCUT2D eigenvalue weighted by Crippen LogP contribution is -2.41. The number of aliphatic carboxylic acids is 1. The molecular formula is C19H19NO4S. The molecule has 1 fully saturated rings. The van der Waals surface area contributed by atoms with Gasteiger partial charge in [0.25, 0.3) is 0 Å². The van der Waals surface area contributed by atoms with Crippen molar-refractivity contribution in [2.45, 2.75) is 22.6 Å². The number of benzene rings is 2. The molecule has 2 N–H and O–H groups in total. The standard InChI is InChI=1S/C19H19NO4S/c1-24-13-4-8-15(9-5-13)25-14-6-2-12(3-7-14)20-18(21)16-10-11-17(16)19(22)23/h2-9,16-17H,10-11H2,1H3,(H,20,21)(H,22,23). The highest BCUT2D eigenvalue weighted by Gasteiger charge is 2.41. The Hall–Kier alpha value is -2.47. The first-order valence-electron chi connectivity index (χ1n) is 8.02. The fourth-order valence-corrected chi connectivity index (χ4v) is 3.55. The minimum absolute atomic E-state index is 0.214. The second kappa shape index (κ2) is 7.61. The third kappa shape index (κ3) is 4.14. The predicted octanol–water partition coefficient (Wildman–Crippen LogP) is 3.90. The van der Waals surface area contributed by atoms with Gasteiger partial charge in [0.1, 0.15) is 5.75 Å². The minimum atomic E-state index is -0.891. The highest BCUT2D eigenvalue weighted by molar-refractivity contribution is 7.99. The van der Waals surface area contributed by atoms with Gasteiger partial charge in [0.05, 0.1) is 18.9 Å². The summed E-state index contributed by atoms with van der Waals surface area (Å²) < 4.78 is 5.14. The van der Waals surface area contributed by atoms with Crippen LogP contribution in [0.3, 0.4) is 0 Å². The van der Waals surface area contributed by atoms with Crippen LogP contribution in [0, 0.1) is 11.8 Å². The monoisotopic (exact) mass is 357 g/mol. The third-order valence-electron chi connectivity index (χ3n) is 4.35. The molecule has 6 heteroatoms. The van der Waals surface area contributed by atoms with Crippen molar-refractivity contribution in [2.75, 3.05) is 12.4 Å². The molecule has 3 rings (SSSR count). The summed E-state index contributed by atoms with van der Waals surface area (Å²) in [6.45, 7) is 0. The lowest BCUT2D eigenvalue weighted by atomic mass is 9.73. The fourth-order valence-electron chi connectivity index (χ4n) is 2.73. The average Bonchev–Trinajstić information content (AvgIpc) is 2.56. The van der Waals surface area contributed by atoms with Crippen molar-refractivity contribution in [3.8, 4) is 5.75 Å². The molecule has 2 aromatic carbocycles. The van der Waals surface area contributed by atoms with Crippen LogP contribution in [-0.4, -0.2) is 24.1 Å². The molecule has 130 valence electrons. The van der Waals surface area contributed by atoms with E-state index in [0.29, 0.717) is 18.5 Å². The van der Waals surface area contributed by atoms with Crippen molar-refractivity contribution in [3.05, 3.63) is 48.5 Å². The van der Waals surface area contributed by atoms with Crippen LogP contribution in [0.5, 0.6) is 5.75 Å². The molecule has 1 saturated carbocycles. The number of hydrogen-bond acceptors (Lipinski definition) is 4. The topological polar surface area (TPSA) is 75.6 Å². The molecule has 0 radical (unpaired) electrons. The summed E-state index contributed by atoms with van der Waals surface area (Å²) in [7, 11) is 1.64. The summed E-state index contributed by atoms with van der Waals surface area (Å²) >= 11 is 1.61. The van der Waals surface area contributed by atoms with E-state index in [4.69, 9.17) is 9.84 Å². The van der Waals surface area contributed by atoms with Gasteiger partial charge in [0.2, 0.25) is 5.91 Å². The van der Waals surface area contributed by atoms with Crippen LogP contribution in [0.25, 0.3) is 0 Å². The lowest BCUT2D eigenvalue weighted by molar-refractivity contribution is -0.151. The maximum atomic E-state index is 12.2. The predicted molar refractivity (Wildman–Crippen MR) is 96.0 cm³/mol. The normalized spacial score (nSPS) is 18.9. The van der Waals surface area contributed by atoms with Crippen molar-refractivity contribution in [3.63, 3.8) is 0 Å². The molecule has 0 spiro atoms. The van der Waals surface area contributed by atoms with Gasteiger partial charge in [-0.15, -0.1) is 0 Å². The van der Waals surface area contributed by atoms with Gasteiger partial charge in [0, 0.05) is 15.5 Å². The fraction of sp³-hybridized carbons (Fsp3) is 0.263. The first-order valence-corrected chi connectivity index (χ1v) is 8.84. The van der Waals surface area contributed by atoms with Gasteiger partial charge in [-0.25, -0.2) is 0 Å². The number of rotatable bonds is 6. The van der Waals surface area contributed by atoms with E-state index in [0.717, 1.165) is 15.5 Å². The van der Waals surface area contributed by atoms with E-state index in [-0.39, 0.29) is 5.91 Å². The maximum absolute atomic E-state index is 12.2. The number of anilines is 1. The molecule has 0 heterocycles. The Balaban J connectivity index is 1.58. The third-order valence-corrected chi connectivity index (χ3v) is 5.36. The van der Waals surface area contributed by atoms with E-state index >= 15 is 0 Å². The van der Waals surface area contributed by atoms with Gasteiger partial charge in [0.15, 0.2) is 0 Å². The number of hydrogen-bond donors (Lipinski definition) is 2.